The van der Waals surface area contributed by atoms with Crippen LogP contribution in [0.3, 0.4) is 0 Å². The van der Waals surface area contributed by atoms with Gasteiger partial charge < -0.3 is 11.1 Å². The second-order valence-electron chi connectivity index (χ2n) is 5.29. The van der Waals surface area contributed by atoms with E-state index in [-0.39, 0.29) is 11.9 Å². The van der Waals surface area contributed by atoms with Crippen LogP contribution in [-0.4, -0.2) is 5.91 Å². The van der Waals surface area contributed by atoms with Crippen LogP contribution in [-0.2, 0) is 17.6 Å². The molecule has 4 heteroatoms. The van der Waals surface area contributed by atoms with Crippen molar-refractivity contribution in [3.8, 4) is 0 Å². The predicted molar refractivity (Wildman–Crippen MR) is 85.6 cm³/mol. The molecule has 21 heavy (non-hydrogen) atoms. The highest BCUT2D eigenvalue weighted by atomic mass is 35.5. The minimum Gasteiger partial charge on any atom is -0.325 e. The molecule has 1 atom stereocenters. The van der Waals surface area contributed by atoms with Crippen molar-refractivity contribution in [3.63, 3.8) is 0 Å². The van der Waals surface area contributed by atoms with Crippen molar-refractivity contribution in [3.05, 3.63) is 63.7 Å². The zero-order valence-corrected chi connectivity index (χ0v) is 12.6. The average molecular weight is 301 g/mol. The van der Waals surface area contributed by atoms with E-state index >= 15 is 0 Å². The van der Waals surface area contributed by atoms with Crippen LogP contribution in [0.15, 0.2) is 36.4 Å². The first-order valence-electron chi connectivity index (χ1n) is 7.05. The van der Waals surface area contributed by atoms with E-state index in [0.717, 1.165) is 28.8 Å². The molecule has 3 rings (SSSR count). The van der Waals surface area contributed by atoms with Gasteiger partial charge in [0.1, 0.15) is 0 Å². The Labute approximate surface area is 129 Å². The molecule has 0 aliphatic carbocycles. The lowest BCUT2D eigenvalue weighted by Crippen LogP contribution is -2.14. The zero-order valence-electron chi connectivity index (χ0n) is 11.8. The van der Waals surface area contributed by atoms with Gasteiger partial charge in [-0.05, 0) is 40.8 Å². The lowest BCUT2D eigenvalue weighted by Gasteiger charge is -2.18. The van der Waals surface area contributed by atoms with Gasteiger partial charge in [0.25, 0.3) is 0 Å². The number of halogens is 1. The number of hydrogen-bond acceptors (Lipinski definition) is 2. The number of rotatable bonds is 3. The Balaban J connectivity index is 2.04. The number of fused-ring (bicyclic) bond motifs is 1. The number of carbonyl (C=O) groups excluding carboxylic acids is 1. The number of nitrogens with one attached hydrogen (secondary N) is 1. The minimum atomic E-state index is -0.283. The summed E-state index contributed by atoms with van der Waals surface area (Å²) in [6, 6.07) is 11.6. The smallest absolute Gasteiger partial charge is 0.228 e. The standard InChI is InChI=1S/C17H17ClN2O/c1-2-10-5-3-4-6-12(10)17(19)13-7-11-8-16(21)20-15(11)9-14(13)18/h3-7,9,17H,2,8,19H2,1H3,(H,20,21). The van der Waals surface area contributed by atoms with Crippen molar-refractivity contribution < 1.29 is 4.79 Å². The summed E-state index contributed by atoms with van der Waals surface area (Å²) in [7, 11) is 0. The Bertz CT molecular complexity index is 712. The quantitative estimate of drug-likeness (QED) is 0.912. The topological polar surface area (TPSA) is 55.1 Å². The van der Waals surface area contributed by atoms with Crippen molar-refractivity contribution >= 4 is 23.2 Å². The van der Waals surface area contributed by atoms with E-state index in [4.69, 9.17) is 17.3 Å². The molecule has 1 unspecified atom stereocenters. The third-order valence-corrected chi connectivity index (χ3v) is 4.28. The molecule has 108 valence electrons. The molecule has 1 aliphatic rings. The molecule has 0 saturated heterocycles. The molecule has 0 bridgehead atoms. The van der Waals surface area contributed by atoms with Crippen molar-refractivity contribution in [1.82, 2.24) is 0 Å². The van der Waals surface area contributed by atoms with Gasteiger partial charge in [-0.25, -0.2) is 0 Å². The highest BCUT2D eigenvalue weighted by Gasteiger charge is 2.22. The Morgan fingerprint density at radius 2 is 2.05 bits per heavy atom. The van der Waals surface area contributed by atoms with Gasteiger partial charge in [-0.3, -0.25) is 4.79 Å². The van der Waals surface area contributed by atoms with E-state index in [0.29, 0.717) is 11.4 Å². The average Bonchev–Trinajstić information content (AvgIpc) is 2.84. The number of benzene rings is 2. The van der Waals surface area contributed by atoms with Crippen molar-refractivity contribution in [1.29, 1.82) is 0 Å². The Morgan fingerprint density at radius 1 is 1.29 bits per heavy atom. The van der Waals surface area contributed by atoms with Crippen molar-refractivity contribution in [2.75, 3.05) is 5.32 Å². The zero-order chi connectivity index (χ0) is 15.0. The maximum atomic E-state index is 11.5. The highest BCUT2D eigenvalue weighted by molar-refractivity contribution is 6.32. The summed E-state index contributed by atoms with van der Waals surface area (Å²) in [6.07, 6.45) is 1.31. The maximum Gasteiger partial charge on any atom is 0.228 e. The predicted octanol–water partition coefficient (Wildman–Crippen LogP) is 3.45. The molecule has 3 nitrogen and oxygen atoms in total. The fraction of sp³-hybridized carbons (Fsp3) is 0.235. The summed E-state index contributed by atoms with van der Waals surface area (Å²) < 4.78 is 0. The molecular weight excluding hydrogens is 284 g/mol. The molecule has 0 aromatic heterocycles. The van der Waals surface area contributed by atoms with Gasteiger partial charge in [-0.1, -0.05) is 42.8 Å². The summed E-state index contributed by atoms with van der Waals surface area (Å²) in [5, 5.41) is 3.39. The molecule has 1 amide bonds. The molecular formula is C17H17ClN2O. The molecule has 0 saturated carbocycles. The van der Waals surface area contributed by atoms with Gasteiger partial charge >= 0.3 is 0 Å². The Kier molecular flexibility index (Phi) is 3.70. The first-order valence-corrected chi connectivity index (χ1v) is 7.43. The number of amides is 1. The number of anilines is 1. The van der Waals surface area contributed by atoms with E-state index in [1.807, 2.05) is 24.3 Å². The largest absolute Gasteiger partial charge is 0.325 e. The summed E-state index contributed by atoms with van der Waals surface area (Å²) in [5.41, 5.74) is 11.4. The van der Waals surface area contributed by atoms with Gasteiger partial charge in [0.05, 0.1) is 12.5 Å². The molecule has 3 N–H and O–H groups in total. The van der Waals surface area contributed by atoms with E-state index in [2.05, 4.69) is 18.3 Å². The number of hydrogen-bond donors (Lipinski definition) is 2. The monoisotopic (exact) mass is 300 g/mol. The van der Waals surface area contributed by atoms with Gasteiger partial charge in [0.15, 0.2) is 0 Å². The van der Waals surface area contributed by atoms with Gasteiger partial charge in [-0.2, -0.15) is 0 Å². The highest BCUT2D eigenvalue weighted by Crippen LogP contribution is 2.35. The van der Waals surface area contributed by atoms with Crippen LogP contribution in [0.1, 0.15) is 35.2 Å². The third kappa shape index (κ3) is 2.55. The van der Waals surface area contributed by atoms with Crippen LogP contribution in [0.4, 0.5) is 5.69 Å². The summed E-state index contributed by atoms with van der Waals surface area (Å²) in [5.74, 6) is 0.000691. The minimum absolute atomic E-state index is 0.000691. The SMILES string of the molecule is CCc1ccccc1C(N)c1cc2c(cc1Cl)NC(=O)C2. The summed E-state index contributed by atoms with van der Waals surface area (Å²) in [4.78, 5) is 11.5. The second kappa shape index (κ2) is 5.51. The van der Waals surface area contributed by atoms with Crippen LogP contribution in [0, 0.1) is 0 Å². The second-order valence-corrected chi connectivity index (χ2v) is 5.69. The van der Waals surface area contributed by atoms with Crippen molar-refractivity contribution in [2.24, 2.45) is 5.73 Å². The summed E-state index contributed by atoms with van der Waals surface area (Å²) >= 11 is 6.36. The normalized spacial score (nSPS) is 14.7. The van der Waals surface area contributed by atoms with Crippen molar-refractivity contribution in [2.45, 2.75) is 25.8 Å². The Hall–Kier alpha value is -1.84. The number of carbonyl (C=O) groups is 1. The summed E-state index contributed by atoms with van der Waals surface area (Å²) in [6.45, 7) is 2.11. The molecule has 0 radical (unpaired) electrons. The van der Waals surface area contributed by atoms with Crippen LogP contribution in [0.5, 0.6) is 0 Å². The Morgan fingerprint density at radius 3 is 2.81 bits per heavy atom. The van der Waals surface area contributed by atoms with Crippen LogP contribution < -0.4 is 11.1 Å². The van der Waals surface area contributed by atoms with E-state index in [1.54, 1.807) is 6.07 Å². The molecule has 2 aromatic carbocycles. The van der Waals surface area contributed by atoms with Crippen LogP contribution in [0.25, 0.3) is 0 Å². The fourth-order valence-corrected chi connectivity index (χ4v) is 3.11. The van der Waals surface area contributed by atoms with E-state index in [1.165, 1.54) is 5.56 Å². The molecule has 0 spiro atoms. The molecule has 0 fully saturated rings. The first-order chi connectivity index (χ1) is 10.1. The number of nitrogens with two attached hydrogens (primary N) is 1. The maximum absolute atomic E-state index is 11.5. The first kappa shape index (κ1) is 14.1. The van der Waals surface area contributed by atoms with Gasteiger partial charge in [0.2, 0.25) is 5.91 Å². The lowest BCUT2D eigenvalue weighted by atomic mass is 9.92. The lowest BCUT2D eigenvalue weighted by molar-refractivity contribution is -0.115. The molecule has 1 aliphatic heterocycles. The van der Waals surface area contributed by atoms with E-state index in [9.17, 15) is 4.79 Å². The fourth-order valence-electron chi connectivity index (χ4n) is 2.83. The number of aryl methyl sites for hydroxylation is 1. The molecule has 2 aromatic rings. The van der Waals surface area contributed by atoms with Gasteiger partial charge in [-0.15, -0.1) is 0 Å². The molecule has 1 heterocycles. The van der Waals surface area contributed by atoms with E-state index < -0.39 is 0 Å². The van der Waals surface area contributed by atoms with Crippen LogP contribution >= 0.6 is 11.6 Å². The van der Waals surface area contributed by atoms with Gasteiger partial charge in [0, 0.05) is 10.7 Å². The van der Waals surface area contributed by atoms with Crippen LogP contribution in [0.2, 0.25) is 5.02 Å². The third-order valence-electron chi connectivity index (χ3n) is 3.95.